The maximum absolute atomic E-state index is 13.1. The van der Waals surface area contributed by atoms with Gasteiger partial charge in [0.05, 0.1) is 10.7 Å². The molecule has 1 heterocycles. The second kappa shape index (κ2) is 8.51. The SMILES string of the molecule is Cc1nc(C(C(=O)O)N(C(=O)OCC2c3ccccc3-c3ccccc32)C(C)C)cs1. The molecule has 4 rings (SSSR count). The van der Waals surface area contributed by atoms with Crippen molar-refractivity contribution in [1.29, 1.82) is 0 Å². The van der Waals surface area contributed by atoms with E-state index in [2.05, 4.69) is 17.1 Å². The van der Waals surface area contributed by atoms with Crippen LogP contribution in [0.1, 0.15) is 47.6 Å². The standard InChI is InChI=1S/C24H24N2O4S/c1-14(2)26(22(23(27)28)21-13-31-15(3)25-21)24(29)30-12-20-18-10-6-4-8-16(18)17-9-5-7-11-19(17)20/h4-11,13-14,20,22H,12H2,1-3H3,(H,27,28). The lowest BCUT2D eigenvalue weighted by Crippen LogP contribution is -2.44. The van der Waals surface area contributed by atoms with Crippen LogP contribution in [0.25, 0.3) is 11.1 Å². The molecule has 0 aliphatic heterocycles. The first-order chi connectivity index (χ1) is 14.9. The van der Waals surface area contributed by atoms with Gasteiger partial charge in [-0.25, -0.2) is 14.6 Å². The van der Waals surface area contributed by atoms with Gasteiger partial charge >= 0.3 is 12.1 Å². The van der Waals surface area contributed by atoms with E-state index in [1.165, 1.54) is 16.2 Å². The maximum Gasteiger partial charge on any atom is 0.411 e. The summed E-state index contributed by atoms with van der Waals surface area (Å²) in [6.45, 7) is 5.49. The first-order valence-electron chi connectivity index (χ1n) is 10.2. The summed E-state index contributed by atoms with van der Waals surface area (Å²) < 4.78 is 5.72. The van der Waals surface area contributed by atoms with Crippen LogP contribution in [0.4, 0.5) is 4.79 Å². The number of carbonyl (C=O) groups excluding carboxylic acids is 1. The Morgan fingerprint density at radius 3 is 2.16 bits per heavy atom. The number of hydrogen-bond donors (Lipinski definition) is 1. The zero-order valence-electron chi connectivity index (χ0n) is 17.6. The highest BCUT2D eigenvalue weighted by Gasteiger charge is 2.37. The number of amides is 1. The normalized spacial score (nSPS) is 13.5. The van der Waals surface area contributed by atoms with E-state index in [1.807, 2.05) is 36.4 Å². The van der Waals surface area contributed by atoms with Crippen molar-refractivity contribution in [3.8, 4) is 11.1 Å². The van der Waals surface area contributed by atoms with Crippen molar-refractivity contribution in [2.24, 2.45) is 0 Å². The van der Waals surface area contributed by atoms with Crippen LogP contribution in [-0.4, -0.2) is 39.7 Å². The number of fused-ring (bicyclic) bond motifs is 3. The fourth-order valence-corrected chi connectivity index (χ4v) is 4.81. The smallest absolute Gasteiger partial charge is 0.411 e. The van der Waals surface area contributed by atoms with Crippen molar-refractivity contribution >= 4 is 23.4 Å². The molecule has 6 nitrogen and oxygen atoms in total. The molecule has 0 saturated heterocycles. The Balaban J connectivity index is 1.59. The Morgan fingerprint density at radius 1 is 1.10 bits per heavy atom. The third-order valence-corrected chi connectivity index (χ3v) is 6.32. The highest BCUT2D eigenvalue weighted by atomic mass is 32.1. The zero-order chi connectivity index (χ0) is 22.1. The molecule has 1 aliphatic carbocycles. The molecule has 3 aromatic rings. The van der Waals surface area contributed by atoms with Crippen molar-refractivity contribution in [3.63, 3.8) is 0 Å². The second-order valence-electron chi connectivity index (χ2n) is 7.84. The lowest BCUT2D eigenvalue weighted by molar-refractivity contribution is -0.143. The third-order valence-electron chi connectivity index (χ3n) is 5.53. The summed E-state index contributed by atoms with van der Waals surface area (Å²) in [5, 5.41) is 12.3. The van der Waals surface area contributed by atoms with Crippen molar-refractivity contribution in [2.45, 2.75) is 38.8 Å². The van der Waals surface area contributed by atoms with Gasteiger partial charge in [0.2, 0.25) is 0 Å². The molecule has 0 saturated carbocycles. The number of aryl methyl sites for hydroxylation is 1. The molecular weight excluding hydrogens is 412 g/mol. The summed E-state index contributed by atoms with van der Waals surface area (Å²) in [5.74, 6) is -1.22. The van der Waals surface area contributed by atoms with Crippen LogP contribution in [-0.2, 0) is 9.53 Å². The van der Waals surface area contributed by atoms with Crippen LogP contribution in [0.3, 0.4) is 0 Å². The van der Waals surface area contributed by atoms with Crippen LogP contribution < -0.4 is 0 Å². The average molecular weight is 437 g/mol. The number of carboxylic acid groups (broad SMARTS) is 1. The quantitative estimate of drug-likeness (QED) is 0.572. The van der Waals surface area contributed by atoms with Crippen molar-refractivity contribution < 1.29 is 19.4 Å². The summed E-state index contributed by atoms with van der Waals surface area (Å²) in [4.78, 5) is 30.7. The van der Waals surface area contributed by atoms with E-state index < -0.39 is 18.1 Å². The molecule has 2 aromatic carbocycles. The Hall–Kier alpha value is -3.19. The minimum atomic E-state index is -1.19. The molecular formula is C24H24N2O4S. The lowest BCUT2D eigenvalue weighted by atomic mass is 9.98. The van der Waals surface area contributed by atoms with Crippen LogP contribution in [0.15, 0.2) is 53.9 Å². The van der Waals surface area contributed by atoms with Gasteiger partial charge in [-0.15, -0.1) is 11.3 Å². The number of nitrogens with zero attached hydrogens (tertiary/aromatic N) is 2. The predicted molar refractivity (Wildman–Crippen MR) is 119 cm³/mol. The molecule has 0 bridgehead atoms. The molecule has 31 heavy (non-hydrogen) atoms. The number of thiazole rings is 1. The summed E-state index contributed by atoms with van der Waals surface area (Å²) in [5.41, 5.74) is 4.84. The number of ether oxygens (including phenoxy) is 1. The number of hydrogen-bond acceptors (Lipinski definition) is 5. The molecule has 1 aliphatic rings. The summed E-state index contributed by atoms with van der Waals surface area (Å²) in [6.07, 6.45) is -0.657. The maximum atomic E-state index is 13.1. The van der Waals surface area contributed by atoms with Gasteiger partial charge in [0.1, 0.15) is 6.61 Å². The minimum Gasteiger partial charge on any atom is -0.479 e. The van der Waals surface area contributed by atoms with Crippen molar-refractivity contribution in [1.82, 2.24) is 9.88 Å². The van der Waals surface area contributed by atoms with Crippen molar-refractivity contribution in [2.75, 3.05) is 6.61 Å². The van der Waals surface area contributed by atoms with E-state index >= 15 is 0 Å². The Bertz CT molecular complexity index is 1080. The van der Waals surface area contributed by atoms with Crippen LogP contribution in [0.5, 0.6) is 0 Å². The van der Waals surface area contributed by atoms with Gasteiger partial charge in [0.25, 0.3) is 0 Å². The molecule has 1 unspecified atom stereocenters. The third kappa shape index (κ3) is 3.93. The zero-order valence-corrected chi connectivity index (χ0v) is 18.4. The summed E-state index contributed by atoms with van der Waals surface area (Å²) in [6, 6.07) is 14.6. The highest BCUT2D eigenvalue weighted by molar-refractivity contribution is 7.09. The topological polar surface area (TPSA) is 79.7 Å². The monoisotopic (exact) mass is 436 g/mol. The fourth-order valence-electron chi connectivity index (χ4n) is 4.18. The first-order valence-corrected chi connectivity index (χ1v) is 11.0. The molecule has 1 amide bonds. The average Bonchev–Trinajstić information content (AvgIpc) is 3.31. The number of rotatable bonds is 6. The van der Waals surface area contributed by atoms with Crippen LogP contribution >= 0.6 is 11.3 Å². The van der Waals surface area contributed by atoms with E-state index in [0.717, 1.165) is 27.3 Å². The van der Waals surface area contributed by atoms with E-state index in [4.69, 9.17) is 4.74 Å². The van der Waals surface area contributed by atoms with Crippen molar-refractivity contribution in [3.05, 3.63) is 75.7 Å². The number of carboxylic acids is 1. The largest absolute Gasteiger partial charge is 0.479 e. The van der Waals surface area contributed by atoms with Gasteiger partial charge in [-0.3, -0.25) is 4.90 Å². The van der Waals surface area contributed by atoms with Crippen LogP contribution in [0.2, 0.25) is 0 Å². The second-order valence-corrected chi connectivity index (χ2v) is 8.90. The van der Waals surface area contributed by atoms with E-state index in [1.54, 1.807) is 26.2 Å². The summed E-state index contributed by atoms with van der Waals surface area (Å²) >= 11 is 1.36. The molecule has 0 radical (unpaired) electrons. The van der Waals surface area contributed by atoms with E-state index in [-0.39, 0.29) is 18.6 Å². The van der Waals surface area contributed by atoms with E-state index in [9.17, 15) is 14.7 Å². The van der Waals surface area contributed by atoms with Gasteiger partial charge in [0, 0.05) is 17.3 Å². The molecule has 7 heteroatoms. The predicted octanol–water partition coefficient (Wildman–Crippen LogP) is 5.24. The molecule has 1 aromatic heterocycles. The van der Waals surface area contributed by atoms with Crippen LogP contribution in [0, 0.1) is 6.92 Å². The van der Waals surface area contributed by atoms with Gasteiger partial charge in [-0.05, 0) is 43.0 Å². The Labute approximate surface area is 185 Å². The fraction of sp³-hybridized carbons (Fsp3) is 0.292. The number of aliphatic carboxylic acids is 1. The first kappa shape index (κ1) is 21.1. The Morgan fingerprint density at radius 2 is 1.68 bits per heavy atom. The van der Waals surface area contributed by atoms with Gasteiger partial charge in [0.15, 0.2) is 6.04 Å². The molecule has 1 N–H and O–H groups in total. The number of carbonyl (C=O) groups is 2. The Kier molecular flexibility index (Phi) is 5.78. The molecule has 160 valence electrons. The molecule has 1 atom stereocenters. The summed E-state index contributed by atoms with van der Waals surface area (Å²) in [7, 11) is 0. The number of aromatic nitrogens is 1. The van der Waals surface area contributed by atoms with E-state index in [0.29, 0.717) is 5.69 Å². The van der Waals surface area contributed by atoms with Gasteiger partial charge in [-0.1, -0.05) is 48.5 Å². The minimum absolute atomic E-state index is 0.0878. The highest BCUT2D eigenvalue weighted by Crippen LogP contribution is 2.44. The lowest BCUT2D eigenvalue weighted by Gasteiger charge is -2.31. The van der Waals surface area contributed by atoms with Gasteiger partial charge < -0.3 is 9.84 Å². The molecule has 0 spiro atoms. The van der Waals surface area contributed by atoms with Gasteiger partial charge in [-0.2, -0.15) is 0 Å². The molecule has 0 fully saturated rings. The number of benzene rings is 2.